The quantitative estimate of drug-likeness (QED) is 0.456. The largest absolute Gasteiger partial charge is 0.481 e. The molecule has 0 amide bonds. The van der Waals surface area contributed by atoms with Crippen LogP contribution in [0.2, 0.25) is 5.02 Å². The first-order valence-electron chi connectivity index (χ1n) is 8.62. The molecule has 0 radical (unpaired) electrons. The van der Waals surface area contributed by atoms with E-state index < -0.39 is 21.5 Å². The van der Waals surface area contributed by atoms with Crippen molar-refractivity contribution < 1.29 is 18.3 Å². The number of rotatable bonds is 7. The Balaban J connectivity index is 2.08. The van der Waals surface area contributed by atoms with Gasteiger partial charge in [0.1, 0.15) is 4.90 Å². The molecule has 1 heterocycles. The van der Waals surface area contributed by atoms with Crippen molar-refractivity contribution in [2.24, 2.45) is 7.05 Å². The molecule has 1 fully saturated rings. The van der Waals surface area contributed by atoms with Crippen LogP contribution in [0.1, 0.15) is 24.8 Å². The van der Waals surface area contributed by atoms with Gasteiger partial charge in [-0.15, -0.1) is 0 Å². The molecule has 1 aromatic heterocycles. The summed E-state index contributed by atoms with van der Waals surface area (Å²) >= 11 is 8.36. The summed E-state index contributed by atoms with van der Waals surface area (Å²) < 4.78 is 30.9. The second-order valence-corrected chi connectivity index (χ2v) is 10.4. The van der Waals surface area contributed by atoms with Crippen molar-refractivity contribution in [3.63, 3.8) is 0 Å². The van der Waals surface area contributed by atoms with E-state index in [0.717, 1.165) is 3.57 Å². The van der Waals surface area contributed by atoms with Crippen LogP contribution in [0.5, 0.6) is 0 Å². The van der Waals surface area contributed by atoms with Gasteiger partial charge >= 0.3 is 5.97 Å². The van der Waals surface area contributed by atoms with Gasteiger partial charge in [0.05, 0.1) is 22.8 Å². The Kier molecular flexibility index (Phi) is 6.01. The van der Waals surface area contributed by atoms with E-state index >= 15 is 0 Å². The fourth-order valence-electron chi connectivity index (χ4n) is 3.04. The molecule has 1 saturated carbocycles. The summed E-state index contributed by atoms with van der Waals surface area (Å²) in [4.78, 5) is 23.4. The van der Waals surface area contributed by atoms with Gasteiger partial charge in [0.15, 0.2) is 0 Å². The molecule has 0 unspecified atom stereocenters. The predicted octanol–water partition coefficient (Wildman–Crippen LogP) is 2.98. The number of pyridine rings is 1. The maximum Gasteiger partial charge on any atom is 0.305 e. The summed E-state index contributed by atoms with van der Waals surface area (Å²) in [6.45, 7) is 1.52. The van der Waals surface area contributed by atoms with E-state index in [4.69, 9.17) is 16.7 Å². The Labute approximate surface area is 186 Å². The van der Waals surface area contributed by atoms with Crippen molar-refractivity contribution in [3.8, 4) is 0 Å². The van der Waals surface area contributed by atoms with Gasteiger partial charge in [0.25, 0.3) is 5.56 Å². The van der Waals surface area contributed by atoms with Crippen molar-refractivity contribution >= 4 is 61.6 Å². The van der Waals surface area contributed by atoms with Crippen LogP contribution in [-0.2, 0) is 21.9 Å². The zero-order valence-corrected chi connectivity index (χ0v) is 19.4. The smallest absolute Gasteiger partial charge is 0.305 e. The van der Waals surface area contributed by atoms with Gasteiger partial charge in [-0.3, -0.25) is 9.59 Å². The van der Waals surface area contributed by atoms with Crippen LogP contribution in [0.4, 0.5) is 11.4 Å². The number of nitrogens with one attached hydrogen (secondary N) is 2. The number of aromatic nitrogens is 1. The second-order valence-electron chi connectivity index (χ2n) is 7.11. The first-order valence-corrected chi connectivity index (χ1v) is 11.6. The van der Waals surface area contributed by atoms with E-state index in [0.29, 0.717) is 23.6 Å². The number of hydrogen-bond acceptors (Lipinski definition) is 5. The molecule has 0 aliphatic heterocycles. The number of aryl methyl sites for hydroxylation is 1. The molecule has 29 heavy (non-hydrogen) atoms. The van der Waals surface area contributed by atoms with Gasteiger partial charge in [0.2, 0.25) is 10.0 Å². The van der Waals surface area contributed by atoms with Crippen molar-refractivity contribution in [1.29, 1.82) is 0 Å². The highest BCUT2D eigenvalue weighted by Crippen LogP contribution is 2.41. The molecule has 3 rings (SSSR count). The molecule has 2 aromatic rings. The Morgan fingerprint density at radius 3 is 2.59 bits per heavy atom. The van der Waals surface area contributed by atoms with Crippen LogP contribution >= 0.6 is 34.2 Å². The minimum Gasteiger partial charge on any atom is -0.481 e. The van der Waals surface area contributed by atoms with E-state index in [1.807, 2.05) is 0 Å². The molecule has 8 nitrogen and oxygen atoms in total. The molecule has 1 aliphatic rings. The van der Waals surface area contributed by atoms with Crippen LogP contribution in [0.3, 0.4) is 0 Å². The molecule has 0 atom stereocenters. The number of aliphatic carboxylic acids is 1. The molecule has 1 aliphatic carbocycles. The lowest BCUT2D eigenvalue weighted by atomic mass is 10.2. The van der Waals surface area contributed by atoms with Crippen LogP contribution in [0.15, 0.2) is 34.1 Å². The highest BCUT2D eigenvalue weighted by molar-refractivity contribution is 14.1. The number of carbonyl (C=O) groups is 1. The summed E-state index contributed by atoms with van der Waals surface area (Å²) in [6.07, 6.45) is 1.80. The molecule has 0 spiro atoms. The lowest BCUT2D eigenvalue weighted by molar-refractivity contribution is -0.137. The van der Waals surface area contributed by atoms with Crippen LogP contribution in [0, 0.1) is 10.5 Å². The fraction of sp³-hybridized carbons (Fsp3) is 0.333. The Bertz CT molecular complexity index is 1160. The molecule has 0 bridgehead atoms. The average molecular weight is 552 g/mol. The summed E-state index contributed by atoms with van der Waals surface area (Å²) in [5.74, 6) is -1.08. The third-order valence-corrected chi connectivity index (χ3v) is 7.32. The number of anilines is 2. The van der Waals surface area contributed by atoms with Crippen LogP contribution in [-0.4, -0.2) is 29.6 Å². The Morgan fingerprint density at radius 2 is 2.03 bits per heavy atom. The third kappa shape index (κ3) is 4.76. The second kappa shape index (κ2) is 7.89. The first-order chi connectivity index (χ1) is 13.4. The third-order valence-electron chi connectivity index (χ3n) is 4.75. The number of carboxylic acid groups (broad SMARTS) is 1. The van der Waals surface area contributed by atoms with Gasteiger partial charge in [-0.25, -0.2) is 13.1 Å². The van der Waals surface area contributed by atoms with E-state index in [1.54, 1.807) is 18.2 Å². The fourth-order valence-corrected chi connectivity index (χ4v) is 5.66. The van der Waals surface area contributed by atoms with Gasteiger partial charge < -0.3 is 15.0 Å². The standard InChI is InChI=1S/C18H19ClIN3O5S/c1-10-16(21-13-4-3-11(20)7-12(13)19)14(9-23(2)17(10)26)29(27,28)22-18(5-6-18)8-15(24)25/h3-4,7,9,21-22H,5-6,8H2,1-2H3,(H,24,25). The summed E-state index contributed by atoms with van der Waals surface area (Å²) in [5.41, 5.74) is -0.598. The lowest BCUT2D eigenvalue weighted by Crippen LogP contribution is -2.39. The zero-order valence-electron chi connectivity index (χ0n) is 15.6. The van der Waals surface area contributed by atoms with E-state index in [9.17, 15) is 18.0 Å². The number of nitrogens with zero attached hydrogens (tertiary/aromatic N) is 1. The lowest BCUT2D eigenvalue weighted by Gasteiger charge is -2.20. The average Bonchev–Trinajstić information content (AvgIpc) is 3.34. The van der Waals surface area contributed by atoms with Crippen LogP contribution < -0.4 is 15.6 Å². The summed E-state index contributed by atoms with van der Waals surface area (Å²) in [7, 11) is -2.66. The molecule has 3 N–H and O–H groups in total. The van der Waals surface area contributed by atoms with Crippen molar-refractivity contribution in [2.45, 2.75) is 36.6 Å². The van der Waals surface area contributed by atoms with Gasteiger partial charge in [-0.05, 0) is 60.6 Å². The first kappa shape index (κ1) is 22.1. The van der Waals surface area contributed by atoms with Crippen molar-refractivity contribution in [1.82, 2.24) is 9.29 Å². The monoisotopic (exact) mass is 551 g/mol. The Hall–Kier alpha value is -1.63. The predicted molar refractivity (Wildman–Crippen MR) is 118 cm³/mol. The SMILES string of the molecule is Cc1c(Nc2ccc(I)cc2Cl)c(S(=O)(=O)NC2(CC(=O)O)CC2)cn(C)c1=O. The highest BCUT2D eigenvalue weighted by atomic mass is 127. The number of sulfonamides is 1. The van der Waals surface area contributed by atoms with Crippen molar-refractivity contribution in [2.75, 3.05) is 5.32 Å². The topological polar surface area (TPSA) is 118 Å². The zero-order chi connectivity index (χ0) is 21.6. The normalized spacial score (nSPS) is 15.2. The van der Waals surface area contributed by atoms with Gasteiger partial charge in [-0.2, -0.15) is 0 Å². The number of carboxylic acids is 1. The van der Waals surface area contributed by atoms with E-state index in [-0.39, 0.29) is 28.1 Å². The molecule has 0 saturated heterocycles. The molecular formula is C18H19ClIN3O5S. The van der Waals surface area contributed by atoms with E-state index in [1.165, 1.54) is 24.7 Å². The molecule has 11 heteroatoms. The van der Waals surface area contributed by atoms with Crippen molar-refractivity contribution in [3.05, 3.63) is 48.9 Å². The summed E-state index contributed by atoms with van der Waals surface area (Å²) in [5, 5.41) is 12.4. The maximum atomic E-state index is 13.1. The number of halogens is 2. The maximum absolute atomic E-state index is 13.1. The number of hydrogen-bond donors (Lipinski definition) is 3. The molecule has 156 valence electrons. The van der Waals surface area contributed by atoms with Gasteiger partial charge in [-0.1, -0.05) is 11.6 Å². The minimum atomic E-state index is -4.11. The van der Waals surface area contributed by atoms with Crippen LogP contribution in [0.25, 0.3) is 0 Å². The van der Waals surface area contributed by atoms with E-state index in [2.05, 4.69) is 32.6 Å². The molecular weight excluding hydrogens is 533 g/mol. The Morgan fingerprint density at radius 1 is 1.38 bits per heavy atom. The van der Waals surface area contributed by atoms with Gasteiger partial charge in [0, 0.05) is 27.9 Å². The molecule has 1 aromatic carbocycles. The number of benzene rings is 1. The summed E-state index contributed by atoms with van der Waals surface area (Å²) in [6, 6.07) is 5.20. The minimum absolute atomic E-state index is 0.106. The highest BCUT2D eigenvalue weighted by Gasteiger charge is 2.48.